The third-order valence-corrected chi connectivity index (χ3v) is 3.95. The summed E-state index contributed by atoms with van der Waals surface area (Å²) in [4.78, 5) is 25.4. The van der Waals surface area contributed by atoms with Gasteiger partial charge in [0, 0.05) is 23.5 Å². The highest BCUT2D eigenvalue weighted by atomic mass is 16.6. The summed E-state index contributed by atoms with van der Waals surface area (Å²) in [6.07, 6.45) is 3.41. The Bertz CT molecular complexity index is 1120. The minimum atomic E-state index is -0.246. The Morgan fingerprint density at radius 1 is 1.00 bits per heavy atom. The van der Waals surface area contributed by atoms with Gasteiger partial charge in [0.25, 0.3) is 0 Å². The lowest BCUT2D eigenvalue weighted by molar-refractivity contribution is 0.103. The number of fused-ring (bicyclic) bond motifs is 4. The summed E-state index contributed by atoms with van der Waals surface area (Å²) in [6, 6.07) is 9.12. The molecule has 1 aliphatic carbocycles. The predicted octanol–water partition coefficient (Wildman–Crippen LogP) is 2.20. The van der Waals surface area contributed by atoms with Crippen LogP contribution in [0.3, 0.4) is 0 Å². The maximum Gasteiger partial charge on any atom is 0.244 e. The molecule has 0 atom stereocenters. The molecule has 8 heteroatoms. The van der Waals surface area contributed by atoms with Crippen LogP contribution in [-0.2, 0) is 6.61 Å². The maximum atomic E-state index is 12.8. The van der Waals surface area contributed by atoms with Crippen LogP contribution in [0.5, 0.6) is 5.75 Å². The van der Waals surface area contributed by atoms with Crippen LogP contribution in [0.15, 0.2) is 47.4 Å². The third kappa shape index (κ3) is 2.08. The fraction of sp³-hybridized carbons (Fsp3) is 0.0588. The van der Waals surface area contributed by atoms with Crippen LogP contribution in [0.25, 0.3) is 22.6 Å². The average molecular weight is 331 g/mol. The van der Waals surface area contributed by atoms with Crippen molar-refractivity contribution >= 4 is 17.1 Å². The zero-order valence-electron chi connectivity index (χ0n) is 12.7. The molecule has 4 aromatic rings. The van der Waals surface area contributed by atoms with E-state index in [-0.39, 0.29) is 22.8 Å². The monoisotopic (exact) mass is 331 g/mol. The quantitative estimate of drug-likeness (QED) is 0.495. The summed E-state index contributed by atoms with van der Waals surface area (Å²) in [5.74, 6) is 0.237. The molecule has 120 valence electrons. The van der Waals surface area contributed by atoms with Crippen molar-refractivity contribution in [1.82, 2.24) is 25.3 Å². The van der Waals surface area contributed by atoms with Crippen LogP contribution in [0.4, 0.5) is 0 Å². The fourth-order valence-corrected chi connectivity index (χ4v) is 2.83. The Balaban J connectivity index is 1.58. The van der Waals surface area contributed by atoms with Crippen molar-refractivity contribution in [2.75, 3.05) is 0 Å². The van der Waals surface area contributed by atoms with Crippen molar-refractivity contribution in [1.29, 1.82) is 0 Å². The van der Waals surface area contributed by atoms with E-state index in [4.69, 9.17) is 4.74 Å². The number of carbonyl (C=O) groups excluding carboxylic acids is 1. The number of carbonyl (C=O) groups is 1. The molecule has 0 aliphatic heterocycles. The molecule has 1 aliphatic rings. The van der Waals surface area contributed by atoms with Crippen LogP contribution in [0.1, 0.15) is 21.6 Å². The van der Waals surface area contributed by atoms with Crippen molar-refractivity contribution in [3.05, 3.63) is 59.5 Å². The molecule has 0 radical (unpaired) electrons. The molecule has 25 heavy (non-hydrogen) atoms. The van der Waals surface area contributed by atoms with Gasteiger partial charge in [-0.15, -0.1) is 0 Å². The summed E-state index contributed by atoms with van der Waals surface area (Å²) in [5.41, 5.74) is 3.20. The number of nitrogens with zero attached hydrogens (tertiary/aromatic N) is 5. The van der Waals surface area contributed by atoms with Gasteiger partial charge in [0.05, 0.1) is 5.56 Å². The third-order valence-electron chi connectivity index (χ3n) is 3.95. The van der Waals surface area contributed by atoms with E-state index in [1.807, 2.05) is 24.3 Å². The Morgan fingerprint density at radius 3 is 2.64 bits per heavy atom. The lowest BCUT2D eigenvalue weighted by atomic mass is 10.1. The molecule has 0 fully saturated rings. The van der Waals surface area contributed by atoms with Gasteiger partial charge in [0.1, 0.15) is 23.7 Å². The number of rotatable bonds is 3. The molecule has 0 N–H and O–H groups in total. The highest BCUT2D eigenvalue weighted by Crippen LogP contribution is 2.39. The molecular formula is C17H9N5O3. The first-order valence-electron chi connectivity index (χ1n) is 7.51. The molecule has 0 saturated carbocycles. The lowest BCUT2D eigenvalue weighted by Gasteiger charge is -2.09. The molecule has 0 unspecified atom stereocenters. The Morgan fingerprint density at radius 2 is 1.84 bits per heavy atom. The van der Waals surface area contributed by atoms with E-state index < -0.39 is 0 Å². The van der Waals surface area contributed by atoms with E-state index in [0.29, 0.717) is 29.2 Å². The molecule has 3 aromatic heterocycles. The van der Waals surface area contributed by atoms with Gasteiger partial charge in [-0.1, -0.05) is 18.2 Å². The zero-order valence-corrected chi connectivity index (χ0v) is 12.7. The van der Waals surface area contributed by atoms with E-state index in [1.54, 1.807) is 18.5 Å². The van der Waals surface area contributed by atoms with Gasteiger partial charge in [-0.3, -0.25) is 9.78 Å². The number of ether oxygens (including phenoxy) is 1. The Hall–Kier alpha value is -3.68. The zero-order chi connectivity index (χ0) is 16.8. The van der Waals surface area contributed by atoms with Gasteiger partial charge in [-0.2, -0.15) is 0 Å². The number of hydrogen-bond acceptors (Lipinski definition) is 8. The molecule has 5 rings (SSSR count). The normalized spacial score (nSPS) is 12.2. The molecule has 8 nitrogen and oxygen atoms in total. The van der Waals surface area contributed by atoms with Crippen LogP contribution in [0.2, 0.25) is 0 Å². The minimum absolute atomic E-state index is 0.206. The van der Waals surface area contributed by atoms with Gasteiger partial charge in [-0.25, -0.2) is 14.6 Å². The largest absolute Gasteiger partial charge is 0.488 e. The molecule has 3 heterocycles. The van der Waals surface area contributed by atoms with Crippen LogP contribution in [0, 0.1) is 0 Å². The Kier molecular flexibility index (Phi) is 2.84. The number of pyridine rings is 1. The predicted molar refractivity (Wildman–Crippen MR) is 84.8 cm³/mol. The smallest absolute Gasteiger partial charge is 0.244 e. The van der Waals surface area contributed by atoms with Crippen LogP contribution < -0.4 is 4.74 Å². The molecule has 0 amide bonds. The van der Waals surface area contributed by atoms with Gasteiger partial charge in [0.15, 0.2) is 0 Å². The summed E-state index contributed by atoms with van der Waals surface area (Å²) in [6.45, 7) is 0.309. The number of aromatic nitrogens is 5. The molecule has 0 bridgehead atoms. The number of hydrogen-bond donors (Lipinski definition) is 0. The topological polar surface area (TPSA) is 104 Å². The highest BCUT2D eigenvalue weighted by Gasteiger charge is 2.34. The first-order chi connectivity index (χ1) is 12.3. The Labute approximate surface area is 140 Å². The average Bonchev–Trinajstić information content (AvgIpc) is 3.22. The second-order valence-electron chi connectivity index (χ2n) is 5.49. The summed E-state index contributed by atoms with van der Waals surface area (Å²) >= 11 is 0. The van der Waals surface area contributed by atoms with Gasteiger partial charge in [0.2, 0.25) is 17.1 Å². The first-order valence-corrected chi connectivity index (χ1v) is 7.51. The van der Waals surface area contributed by atoms with Gasteiger partial charge in [-0.05, 0) is 22.4 Å². The highest BCUT2D eigenvalue weighted by molar-refractivity contribution is 6.21. The fourth-order valence-electron chi connectivity index (χ4n) is 2.83. The van der Waals surface area contributed by atoms with Gasteiger partial charge < -0.3 is 4.74 Å². The van der Waals surface area contributed by atoms with E-state index in [0.717, 1.165) is 5.56 Å². The summed E-state index contributed by atoms with van der Waals surface area (Å²) in [7, 11) is 0. The molecule has 1 aromatic carbocycles. The van der Waals surface area contributed by atoms with Gasteiger partial charge >= 0.3 is 0 Å². The second-order valence-corrected chi connectivity index (χ2v) is 5.49. The van der Waals surface area contributed by atoms with Crippen LogP contribution >= 0.6 is 0 Å². The van der Waals surface area contributed by atoms with Crippen molar-refractivity contribution in [2.24, 2.45) is 0 Å². The van der Waals surface area contributed by atoms with E-state index in [1.165, 1.54) is 0 Å². The van der Waals surface area contributed by atoms with E-state index >= 15 is 0 Å². The van der Waals surface area contributed by atoms with Crippen LogP contribution in [-0.4, -0.2) is 31.0 Å². The standard InChI is InChI=1S/C17H9N5O3/c23-15-12-10(13-14(15)20-17-16(19-13)21-25-22-17)4-1-5-11(12)24-8-9-3-2-6-18-7-9/h1-7H,8H2. The van der Waals surface area contributed by atoms with Crippen molar-refractivity contribution in [3.63, 3.8) is 0 Å². The van der Waals surface area contributed by atoms with E-state index in [2.05, 4.69) is 29.9 Å². The van der Waals surface area contributed by atoms with E-state index in [9.17, 15) is 4.79 Å². The second kappa shape index (κ2) is 5.17. The summed E-state index contributed by atoms with van der Waals surface area (Å²) in [5, 5.41) is 7.33. The number of benzene rings is 1. The van der Waals surface area contributed by atoms with Crippen molar-refractivity contribution in [2.45, 2.75) is 6.61 Å². The maximum absolute atomic E-state index is 12.8. The lowest BCUT2D eigenvalue weighted by Crippen LogP contribution is -2.04. The van der Waals surface area contributed by atoms with Crippen molar-refractivity contribution < 1.29 is 14.2 Å². The molecule has 0 saturated heterocycles. The summed E-state index contributed by atoms with van der Waals surface area (Å²) < 4.78 is 10.5. The minimum Gasteiger partial charge on any atom is -0.488 e. The van der Waals surface area contributed by atoms with Crippen molar-refractivity contribution in [3.8, 4) is 17.0 Å². The molecular weight excluding hydrogens is 322 g/mol. The first kappa shape index (κ1) is 13.7. The molecule has 0 spiro atoms. The number of ketones is 1. The SMILES string of the molecule is O=C1c2nc3nonc3nc2-c2cccc(OCc3cccnc3)c21.